The van der Waals surface area contributed by atoms with Crippen molar-refractivity contribution in [2.75, 3.05) is 31.6 Å². The molecule has 0 radical (unpaired) electrons. The van der Waals surface area contributed by atoms with Crippen LogP contribution < -0.4 is 15.5 Å². The first kappa shape index (κ1) is 19.3. The van der Waals surface area contributed by atoms with Crippen molar-refractivity contribution >= 4 is 11.8 Å². The van der Waals surface area contributed by atoms with E-state index >= 15 is 0 Å². The largest absolute Gasteiger partial charge is 0.389 e. The Morgan fingerprint density at radius 2 is 2.20 bits per heavy atom. The topological polar surface area (TPSA) is 52.6 Å². The zero-order valence-corrected chi connectivity index (χ0v) is 14.1. The Balaban J connectivity index is 1.73. The fourth-order valence-electron chi connectivity index (χ4n) is 2.73. The molecule has 25 heavy (non-hydrogen) atoms. The van der Waals surface area contributed by atoms with Gasteiger partial charge in [0.2, 0.25) is 0 Å². The molecule has 140 valence electrons. The number of nitrogens with zero attached hydrogens (tertiary/aromatic N) is 3. The minimum absolute atomic E-state index is 0.0720. The van der Waals surface area contributed by atoms with Gasteiger partial charge in [0.05, 0.1) is 0 Å². The van der Waals surface area contributed by atoms with Crippen LogP contribution >= 0.6 is 0 Å². The number of aliphatic imine (C=N–C) groups is 1. The van der Waals surface area contributed by atoms with E-state index < -0.39 is 12.6 Å². The van der Waals surface area contributed by atoms with E-state index in [1.165, 1.54) is 6.07 Å². The summed E-state index contributed by atoms with van der Waals surface area (Å²) in [6.45, 7) is 1.68. The van der Waals surface area contributed by atoms with Crippen molar-refractivity contribution in [2.24, 2.45) is 4.99 Å². The van der Waals surface area contributed by atoms with E-state index in [1.54, 1.807) is 19.3 Å². The number of halogens is 4. The monoisotopic (exact) mass is 361 g/mol. The van der Waals surface area contributed by atoms with Crippen molar-refractivity contribution in [2.45, 2.75) is 37.9 Å². The van der Waals surface area contributed by atoms with Gasteiger partial charge in [-0.05, 0) is 31.4 Å². The molecule has 2 N–H and O–H groups in total. The Morgan fingerprint density at radius 1 is 1.40 bits per heavy atom. The van der Waals surface area contributed by atoms with Crippen LogP contribution in [0.3, 0.4) is 0 Å². The number of pyridine rings is 1. The SMILES string of the molecule is CN=C(NCCCCC(F)(F)F)NC1CCN(c2ncccc2F)C1. The molecule has 5 nitrogen and oxygen atoms in total. The maximum atomic E-state index is 13.8. The van der Waals surface area contributed by atoms with Crippen molar-refractivity contribution in [3.05, 3.63) is 24.1 Å². The number of nitrogens with one attached hydrogen (secondary N) is 2. The van der Waals surface area contributed by atoms with E-state index in [0.717, 1.165) is 6.42 Å². The minimum atomic E-state index is -4.10. The van der Waals surface area contributed by atoms with Gasteiger partial charge in [-0.15, -0.1) is 0 Å². The zero-order chi connectivity index (χ0) is 18.3. The van der Waals surface area contributed by atoms with Crippen LogP contribution in [0.1, 0.15) is 25.7 Å². The quantitative estimate of drug-likeness (QED) is 0.354. The lowest BCUT2D eigenvalue weighted by Gasteiger charge is -2.20. The van der Waals surface area contributed by atoms with Crippen LogP contribution in [-0.4, -0.2) is 49.8 Å². The van der Waals surface area contributed by atoms with Gasteiger partial charge in [-0.2, -0.15) is 13.2 Å². The molecule has 0 aliphatic carbocycles. The maximum Gasteiger partial charge on any atom is 0.389 e. The molecule has 1 aromatic heterocycles. The molecule has 0 aromatic carbocycles. The van der Waals surface area contributed by atoms with Crippen LogP contribution in [0.2, 0.25) is 0 Å². The fraction of sp³-hybridized carbons (Fsp3) is 0.625. The van der Waals surface area contributed by atoms with Gasteiger partial charge < -0.3 is 15.5 Å². The van der Waals surface area contributed by atoms with E-state index in [2.05, 4.69) is 20.6 Å². The molecule has 1 unspecified atom stereocenters. The standard InChI is InChI=1S/C16H23F4N5/c1-21-15(23-8-3-2-7-16(18,19)20)24-12-6-10-25(11-12)14-13(17)5-4-9-22-14/h4-5,9,12H,2-3,6-8,10-11H2,1H3,(H2,21,23,24). The molecular formula is C16H23F4N5. The summed E-state index contributed by atoms with van der Waals surface area (Å²) < 4.78 is 50.1. The van der Waals surface area contributed by atoms with E-state index in [1.807, 2.05) is 4.90 Å². The molecule has 1 atom stereocenters. The Labute approximate surface area is 144 Å². The fourth-order valence-corrected chi connectivity index (χ4v) is 2.73. The second-order valence-corrected chi connectivity index (χ2v) is 5.96. The summed E-state index contributed by atoms with van der Waals surface area (Å²) in [6.07, 6.45) is -2.02. The zero-order valence-electron chi connectivity index (χ0n) is 14.1. The molecule has 1 aliphatic heterocycles. The van der Waals surface area contributed by atoms with Gasteiger partial charge >= 0.3 is 6.18 Å². The maximum absolute atomic E-state index is 13.8. The van der Waals surface area contributed by atoms with Crippen molar-refractivity contribution in [1.29, 1.82) is 0 Å². The highest BCUT2D eigenvalue weighted by molar-refractivity contribution is 5.80. The third kappa shape index (κ3) is 6.39. The lowest BCUT2D eigenvalue weighted by Crippen LogP contribution is -2.45. The van der Waals surface area contributed by atoms with Gasteiger partial charge in [0.1, 0.15) is 0 Å². The van der Waals surface area contributed by atoms with Gasteiger partial charge in [0.25, 0.3) is 0 Å². The molecule has 1 saturated heterocycles. The van der Waals surface area contributed by atoms with Gasteiger partial charge in [0.15, 0.2) is 17.6 Å². The highest BCUT2D eigenvalue weighted by atomic mass is 19.4. The number of anilines is 1. The summed E-state index contributed by atoms with van der Waals surface area (Å²) in [7, 11) is 1.61. The number of rotatable bonds is 6. The molecule has 1 aliphatic rings. The van der Waals surface area contributed by atoms with Crippen LogP contribution in [-0.2, 0) is 0 Å². The molecule has 1 fully saturated rings. The summed E-state index contributed by atoms with van der Waals surface area (Å²) in [5.74, 6) is 0.526. The second kappa shape index (κ2) is 8.87. The first-order valence-electron chi connectivity index (χ1n) is 8.28. The van der Waals surface area contributed by atoms with Gasteiger partial charge in [-0.25, -0.2) is 9.37 Å². The van der Waals surface area contributed by atoms with Gasteiger partial charge in [-0.1, -0.05) is 0 Å². The molecule has 2 heterocycles. The van der Waals surface area contributed by atoms with E-state index in [-0.39, 0.29) is 18.3 Å². The summed E-state index contributed by atoms with van der Waals surface area (Å²) in [4.78, 5) is 10.0. The van der Waals surface area contributed by atoms with Gasteiger partial charge in [0, 0.05) is 45.3 Å². The third-order valence-corrected chi connectivity index (χ3v) is 3.97. The predicted octanol–water partition coefficient (Wildman–Crippen LogP) is 2.70. The van der Waals surface area contributed by atoms with Crippen molar-refractivity contribution in [1.82, 2.24) is 15.6 Å². The number of hydrogen-bond donors (Lipinski definition) is 2. The smallest absolute Gasteiger partial charge is 0.356 e. The molecular weight excluding hydrogens is 338 g/mol. The van der Waals surface area contributed by atoms with Crippen LogP contribution in [0.5, 0.6) is 0 Å². The van der Waals surface area contributed by atoms with Crippen molar-refractivity contribution in [3.8, 4) is 0 Å². The summed E-state index contributed by atoms with van der Waals surface area (Å²) in [6, 6.07) is 3.00. The first-order valence-corrected chi connectivity index (χ1v) is 8.28. The van der Waals surface area contributed by atoms with Crippen LogP contribution in [0.4, 0.5) is 23.4 Å². The Kier molecular flexibility index (Phi) is 6.83. The number of unbranched alkanes of at least 4 members (excludes halogenated alkanes) is 1. The predicted molar refractivity (Wildman–Crippen MR) is 89.2 cm³/mol. The average Bonchev–Trinajstić information content (AvgIpc) is 3.01. The second-order valence-electron chi connectivity index (χ2n) is 5.96. The normalized spacial score (nSPS) is 18.5. The average molecular weight is 361 g/mol. The molecule has 0 saturated carbocycles. The highest BCUT2D eigenvalue weighted by Crippen LogP contribution is 2.22. The number of alkyl halides is 3. The molecule has 0 amide bonds. The van der Waals surface area contributed by atoms with E-state index in [9.17, 15) is 17.6 Å². The molecule has 0 spiro atoms. The van der Waals surface area contributed by atoms with Crippen LogP contribution in [0.25, 0.3) is 0 Å². The Morgan fingerprint density at radius 3 is 2.88 bits per heavy atom. The summed E-state index contributed by atoms with van der Waals surface area (Å²) >= 11 is 0. The molecule has 1 aromatic rings. The number of aromatic nitrogens is 1. The lowest BCUT2D eigenvalue weighted by molar-refractivity contribution is -0.135. The number of hydrogen-bond acceptors (Lipinski definition) is 3. The van der Waals surface area contributed by atoms with Gasteiger partial charge in [-0.3, -0.25) is 4.99 Å². The Bertz CT molecular complexity index is 576. The summed E-state index contributed by atoms with van der Waals surface area (Å²) in [5.41, 5.74) is 0. The molecule has 2 rings (SSSR count). The lowest BCUT2D eigenvalue weighted by atomic mass is 10.2. The summed E-state index contributed by atoms with van der Waals surface area (Å²) in [5, 5.41) is 6.23. The van der Waals surface area contributed by atoms with E-state index in [4.69, 9.17) is 0 Å². The van der Waals surface area contributed by atoms with Crippen LogP contribution in [0.15, 0.2) is 23.3 Å². The Hall–Kier alpha value is -2.06. The first-order chi connectivity index (χ1) is 11.9. The van der Waals surface area contributed by atoms with Crippen molar-refractivity contribution < 1.29 is 17.6 Å². The van der Waals surface area contributed by atoms with E-state index in [0.29, 0.717) is 37.8 Å². The molecule has 9 heteroatoms. The van der Waals surface area contributed by atoms with Crippen LogP contribution in [0, 0.1) is 5.82 Å². The van der Waals surface area contributed by atoms with Crippen molar-refractivity contribution in [3.63, 3.8) is 0 Å². The number of guanidine groups is 1. The molecule has 0 bridgehead atoms. The highest BCUT2D eigenvalue weighted by Gasteiger charge is 2.27. The third-order valence-electron chi connectivity index (χ3n) is 3.97. The minimum Gasteiger partial charge on any atom is -0.356 e.